The van der Waals surface area contributed by atoms with Crippen molar-refractivity contribution in [2.45, 2.75) is 11.8 Å². The van der Waals surface area contributed by atoms with Crippen molar-refractivity contribution >= 4 is 44.3 Å². The molecule has 0 aliphatic heterocycles. The number of hydrogen-bond donors (Lipinski definition) is 1. The van der Waals surface area contributed by atoms with E-state index in [1.54, 1.807) is 30.3 Å². The molecule has 0 unspecified atom stereocenters. The fourth-order valence-corrected chi connectivity index (χ4v) is 4.20. The van der Waals surface area contributed by atoms with E-state index < -0.39 is 10.0 Å². The molecule has 6 nitrogen and oxygen atoms in total. The van der Waals surface area contributed by atoms with Gasteiger partial charge in [0.25, 0.3) is 10.0 Å². The van der Waals surface area contributed by atoms with Crippen molar-refractivity contribution in [1.82, 2.24) is 13.9 Å². The van der Waals surface area contributed by atoms with Crippen LogP contribution < -0.4 is 5.32 Å². The van der Waals surface area contributed by atoms with Crippen LogP contribution >= 0.6 is 11.6 Å². The molecule has 0 fully saturated rings. The van der Waals surface area contributed by atoms with E-state index in [4.69, 9.17) is 11.6 Å². The van der Waals surface area contributed by atoms with Crippen molar-refractivity contribution < 1.29 is 8.42 Å². The second-order valence-electron chi connectivity index (χ2n) is 6.00. The highest BCUT2D eigenvalue weighted by Gasteiger charge is 2.21. The molecule has 0 radical (unpaired) electrons. The van der Waals surface area contributed by atoms with Crippen LogP contribution in [0.25, 0.3) is 11.0 Å². The fourth-order valence-electron chi connectivity index (χ4n) is 2.68. The van der Waals surface area contributed by atoms with Crippen LogP contribution in [0.4, 0.5) is 11.6 Å². The van der Waals surface area contributed by atoms with Crippen molar-refractivity contribution in [2.24, 2.45) is 0 Å². The summed E-state index contributed by atoms with van der Waals surface area (Å²) >= 11 is 6.26. The van der Waals surface area contributed by atoms with Gasteiger partial charge in [-0.15, -0.1) is 0 Å². The molecule has 4 rings (SSSR count). The van der Waals surface area contributed by atoms with Gasteiger partial charge in [0, 0.05) is 11.9 Å². The zero-order valence-electron chi connectivity index (χ0n) is 14.3. The summed E-state index contributed by atoms with van der Waals surface area (Å²) in [5.41, 5.74) is 1.97. The van der Waals surface area contributed by atoms with Crippen molar-refractivity contribution in [3.63, 3.8) is 0 Å². The molecule has 0 bridgehead atoms. The Bertz CT molecular complexity index is 1220. The van der Waals surface area contributed by atoms with Crippen molar-refractivity contribution in [3.8, 4) is 0 Å². The lowest BCUT2D eigenvalue weighted by Gasteiger charge is -2.09. The first-order valence-electron chi connectivity index (χ1n) is 8.14. The Morgan fingerprint density at radius 1 is 0.963 bits per heavy atom. The lowest BCUT2D eigenvalue weighted by Crippen LogP contribution is -2.13. The number of aromatic nitrogens is 3. The summed E-state index contributed by atoms with van der Waals surface area (Å²) in [6.45, 7) is 1.90. The van der Waals surface area contributed by atoms with Crippen LogP contribution in [-0.4, -0.2) is 22.4 Å². The van der Waals surface area contributed by atoms with Gasteiger partial charge in [-0.05, 0) is 37.3 Å². The summed E-state index contributed by atoms with van der Waals surface area (Å²) in [5, 5.41) is 3.68. The number of benzene rings is 2. The molecule has 136 valence electrons. The maximum atomic E-state index is 13.0. The largest absolute Gasteiger partial charge is 0.324 e. The molecule has 0 saturated carbocycles. The Kier molecular flexibility index (Phi) is 4.33. The van der Waals surface area contributed by atoms with Gasteiger partial charge in [-0.2, -0.15) is 4.98 Å². The molecule has 2 heterocycles. The third-order valence-corrected chi connectivity index (χ3v) is 6.04. The molecule has 0 saturated heterocycles. The van der Waals surface area contributed by atoms with Gasteiger partial charge in [0.15, 0.2) is 5.65 Å². The summed E-state index contributed by atoms with van der Waals surface area (Å²) in [5.74, 6) is 0.220. The SMILES string of the molecule is Cc1ccc(S(=O)(=O)n2ccc3c(Cl)nc(Nc4ccccc4)nc32)cc1. The fraction of sp³-hybridized carbons (Fsp3) is 0.0526. The number of para-hydroxylation sites is 1. The molecule has 8 heteroatoms. The molecular weight excluding hydrogens is 384 g/mol. The maximum Gasteiger partial charge on any atom is 0.269 e. The summed E-state index contributed by atoms with van der Waals surface area (Å²) in [6, 6.07) is 17.6. The van der Waals surface area contributed by atoms with E-state index in [9.17, 15) is 8.42 Å². The molecule has 1 N–H and O–H groups in total. The van der Waals surface area contributed by atoms with E-state index in [-0.39, 0.29) is 21.6 Å². The third-order valence-electron chi connectivity index (χ3n) is 4.07. The zero-order chi connectivity index (χ0) is 19.0. The number of halogens is 1. The number of anilines is 2. The van der Waals surface area contributed by atoms with Crippen LogP contribution in [0.15, 0.2) is 71.8 Å². The minimum absolute atomic E-state index is 0.177. The highest BCUT2D eigenvalue weighted by atomic mass is 35.5. The molecule has 27 heavy (non-hydrogen) atoms. The van der Waals surface area contributed by atoms with E-state index >= 15 is 0 Å². The Morgan fingerprint density at radius 2 is 1.67 bits per heavy atom. The van der Waals surface area contributed by atoms with E-state index in [0.29, 0.717) is 5.39 Å². The van der Waals surface area contributed by atoms with Gasteiger partial charge in [-0.1, -0.05) is 47.5 Å². The van der Waals surface area contributed by atoms with Gasteiger partial charge in [0.2, 0.25) is 5.95 Å². The highest BCUT2D eigenvalue weighted by Crippen LogP contribution is 2.27. The molecule has 0 atom stereocenters. The molecule has 0 aliphatic rings. The Balaban J connectivity index is 1.83. The second kappa shape index (κ2) is 6.68. The summed E-state index contributed by atoms with van der Waals surface area (Å²) in [6.07, 6.45) is 1.44. The minimum Gasteiger partial charge on any atom is -0.324 e. The van der Waals surface area contributed by atoms with Gasteiger partial charge in [0.05, 0.1) is 10.3 Å². The van der Waals surface area contributed by atoms with Crippen LogP contribution in [0.3, 0.4) is 0 Å². The van der Waals surface area contributed by atoms with E-state index in [2.05, 4.69) is 15.3 Å². The Labute approximate surface area is 161 Å². The molecule has 2 aromatic heterocycles. The van der Waals surface area contributed by atoms with Gasteiger partial charge in [-0.3, -0.25) is 0 Å². The molecular formula is C19H15ClN4O2S. The molecule has 0 aliphatic carbocycles. The van der Waals surface area contributed by atoms with Crippen LogP contribution in [0.2, 0.25) is 5.15 Å². The minimum atomic E-state index is -3.81. The molecule has 0 amide bonds. The van der Waals surface area contributed by atoms with Gasteiger partial charge in [0.1, 0.15) is 5.15 Å². The normalized spacial score (nSPS) is 11.6. The van der Waals surface area contributed by atoms with Crippen molar-refractivity contribution in [3.05, 3.63) is 77.6 Å². The maximum absolute atomic E-state index is 13.0. The summed E-state index contributed by atoms with van der Waals surface area (Å²) < 4.78 is 27.2. The first kappa shape index (κ1) is 17.5. The van der Waals surface area contributed by atoms with Gasteiger partial charge >= 0.3 is 0 Å². The van der Waals surface area contributed by atoms with Crippen LogP contribution in [0, 0.1) is 6.92 Å². The van der Waals surface area contributed by atoms with E-state index in [1.165, 1.54) is 6.20 Å². The van der Waals surface area contributed by atoms with Crippen molar-refractivity contribution in [2.75, 3.05) is 5.32 Å². The summed E-state index contributed by atoms with van der Waals surface area (Å²) in [7, 11) is -3.81. The van der Waals surface area contributed by atoms with Gasteiger partial charge in [-0.25, -0.2) is 17.4 Å². The second-order valence-corrected chi connectivity index (χ2v) is 8.17. The lowest BCUT2D eigenvalue weighted by molar-refractivity contribution is 0.589. The first-order chi connectivity index (χ1) is 12.9. The van der Waals surface area contributed by atoms with Crippen molar-refractivity contribution in [1.29, 1.82) is 0 Å². The number of aryl methyl sites for hydroxylation is 1. The predicted molar refractivity (Wildman–Crippen MR) is 106 cm³/mol. The lowest BCUT2D eigenvalue weighted by atomic mass is 10.2. The highest BCUT2D eigenvalue weighted by molar-refractivity contribution is 7.90. The Morgan fingerprint density at radius 3 is 2.37 bits per heavy atom. The van der Waals surface area contributed by atoms with Crippen LogP contribution in [0.5, 0.6) is 0 Å². The monoisotopic (exact) mass is 398 g/mol. The van der Waals surface area contributed by atoms with E-state index in [0.717, 1.165) is 15.2 Å². The summed E-state index contributed by atoms with van der Waals surface area (Å²) in [4.78, 5) is 8.77. The van der Waals surface area contributed by atoms with Crippen LogP contribution in [-0.2, 0) is 10.0 Å². The van der Waals surface area contributed by atoms with E-state index in [1.807, 2.05) is 37.3 Å². The number of hydrogen-bond acceptors (Lipinski definition) is 5. The number of fused-ring (bicyclic) bond motifs is 1. The molecule has 0 spiro atoms. The molecule has 4 aromatic rings. The number of nitrogens with one attached hydrogen (secondary N) is 1. The predicted octanol–water partition coefficient (Wildman–Crippen LogP) is 4.37. The standard InChI is InChI=1S/C19H15ClN4O2S/c1-13-7-9-15(10-8-13)27(25,26)24-12-11-16-17(20)22-19(23-18(16)24)21-14-5-3-2-4-6-14/h2-12H,1H3,(H,21,22,23). The topological polar surface area (TPSA) is 76.9 Å². The number of rotatable bonds is 4. The number of nitrogens with zero attached hydrogens (tertiary/aromatic N) is 3. The van der Waals surface area contributed by atoms with Gasteiger partial charge < -0.3 is 5.32 Å². The third kappa shape index (κ3) is 3.27. The smallest absolute Gasteiger partial charge is 0.269 e. The average Bonchev–Trinajstić information content (AvgIpc) is 3.08. The van der Waals surface area contributed by atoms with Crippen LogP contribution in [0.1, 0.15) is 5.56 Å². The quantitative estimate of drug-likeness (QED) is 0.516. The Hall–Kier alpha value is -2.90. The molecule has 2 aromatic carbocycles. The average molecular weight is 399 g/mol. The zero-order valence-corrected chi connectivity index (χ0v) is 15.9. The first-order valence-corrected chi connectivity index (χ1v) is 9.96.